The van der Waals surface area contributed by atoms with Crippen molar-refractivity contribution in [3.8, 4) is 0 Å². The Hall–Kier alpha value is -3.28. The Morgan fingerprint density at radius 2 is 1.64 bits per heavy atom. The third kappa shape index (κ3) is 5.61. The highest BCUT2D eigenvalue weighted by molar-refractivity contribution is 5.92. The summed E-state index contributed by atoms with van der Waals surface area (Å²) in [5.74, 6) is -0.0877. The van der Waals surface area contributed by atoms with E-state index in [1.54, 1.807) is 18.2 Å². The van der Waals surface area contributed by atoms with Crippen LogP contribution in [0.25, 0.3) is 0 Å². The number of rotatable bonds is 7. The Labute approximate surface area is 164 Å². The Morgan fingerprint density at radius 1 is 0.964 bits per heavy atom. The number of nitrogens with one attached hydrogen (secondary N) is 2. The molecule has 28 heavy (non-hydrogen) atoms. The number of hydrogen-bond donors (Lipinski definition) is 2. The number of benzene rings is 2. The first-order chi connectivity index (χ1) is 13.5. The van der Waals surface area contributed by atoms with Gasteiger partial charge in [0.1, 0.15) is 11.5 Å². The molecule has 0 saturated carbocycles. The van der Waals surface area contributed by atoms with Gasteiger partial charge >= 0.3 is 0 Å². The van der Waals surface area contributed by atoms with Gasteiger partial charge < -0.3 is 10.6 Å². The van der Waals surface area contributed by atoms with Crippen LogP contribution in [0, 0.1) is 19.7 Å². The van der Waals surface area contributed by atoms with Crippen molar-refractivity contribution in [2.24, 2.45) is 0 Å². The van der Waals surface area contributed by atoms with Crippen molar-refractivity contribution in [2.45, 2.75) is 26.8 Å². The lowest BCUT2D eigenvalue weighted by atomic mass is 10.1. The van der Waals surface area contributed by atoms with Crippen molar-refractivity contribution in [2.75, 3.05) is 11.9 Å². The van der Waals surface area contributed by atoms with Crippen molar-refractivity contribution >= 4 is 11.9 Å². The number of aromatic nitrogens is 2. The molecular formula is C22H23FN4O. The SMILES string of the molecule is Cc1ccc(CNC(=O)c2cc(C)nc(NCCc3ccc(F)cc3)n2)cc1. The normalized spacial score (nSPS) is 10.5. The predicted molar refractivity (Wildman–Crippen MR) is 108 cm³/mol. The zero-order valence-corrected chi connectivity index (χ0v) is 16.0. The fourth-order valence-corrected chi connectivity index (χ4v) is 2.71. The molecule has 0 radical (unpaired) electrons. The van der Waals surface area contributed by atoms with Crippen molar-refractivity contribution in [1.82, 2.24) is 15.3 Å². The molecule has 2 N–H and O–H groups in total. The van der Waals surface area contributed by atoms with Crippen molar-refractivity contribution in [3.05, 3.63) is 88.5 Å². The molecule has 3 aromatic rings. The van der Waals surface area contributed by atoms with E-state index in [4.69, 9.17) is 0 Å². The van der Waals surface area contributed by atoms with Crippen molar-refractivity contribution in [3.63, 3.8) is 0 Å². The second-order valence-corrected chi connectivity index (χ2v) is 6.69. The molecule has 1 aromatic heterocycles. The number of carbonyl (C=O) groups is 1. The molecule has 144 valence electrons. The first-order valence-electron chi connectivity index (χ1n) is 9.17. The van der Waals surface area contributed by atoms with Gasteiger partial charge in [-0.25, -0.2) is 14.4 Å². The first kappa shape index (κ1) is 19.5. The molecule has 1 amide bonds. The van der Waals surface area contributed by atoms with Gasteiger partial charge in [-0.1, -0.05) is 42.0 Å². The lowest BCUT2D eigenvalue weighted by Crippen LogP contribution is -2.24. The minimum atomic E-state index is -0.250. The van der Waals surface area contributed by atoms with E-state index in [9.17, 15) is 9.18 Å². The molecule has 2 aromatic carbocycles. The van der Waals surface area contributed by atoms with Crippen LogP contribution in [0.2, 0.25) is 0 Å². The van der Waals surface area contributed by atoms with Gasteiger partial charge in [-0.15, -0.1) is 0 Å². The van der Waals surface area contributed by atoms with Gasteiger partial charge in [0, 0.05) is 18.8 Å². The first-order valence-corrected chi connectivity index (χ1v) is 9.17. The van der Waals surface area contributed by atoms with E-state index < -0.39 is 0 Å². The zero-order valence-electron chi connectivity index (χ0n) is 16.0. The Kier molecular flexibility index (Phi) is 6.32. The summed E-state index contributed by atoms with van der Waals surface area (Å²) in [6, 6.07) is 16.0. The van der Waals surface area contributed by atoms with E-state index in [-0.39, 0.29) is 11.7 Å². The summed E-state index contributed by atoms with van der Waals surface area (Å²) in [7, 11) is 0. The molecule has 6 heteroatoms. The Balaban J connectivity index is 1.57. The molecule has 0 fully saturated rings. The molecule has 3 rings (SSSR count). The molecular weight excluding hydrogens is 355 g/mol. The summed E-state index contributed by atoms with van der Waals surface area (Å²) in [5, 5.41) is 6.01. The average molecular weight is 378 g/mol. The van der Waals surface area contributed by atoms with Gasteiger partial charge in [0.25, 0.3) is 5.91 Å². The number of carbonyl (C=O) groups excluding carboxylic acids is 1. The zero-order chi connectivity index (χ0) is 19.9. The summed E-state index contributed by atoms with van der Waals surface area (Å²) in [5.41, 5.74) is 4.25. The number of halogens is 1. The quantitative estimate of drug-likeness (QED) is 0.656. The maximum atomic E-state index is 13.0. The van der Waals surface area contributed by atoms with Crippen LogP contribution in [0.5, 0.6) is 0 Å². The molecule has 0 atom stereocenters. The number of aryl methyl sites for hydroxylation is 2. The van der Waals surface area contributed by atoms with E-state index in [2.05, 4.69) is 20.6 Å². The molecule has 0 aliphatic heterocycles. The van der Waals surface area contributed by atoms with Crippen LogP contribution in [0.1, 0.15) is 32.9 Å². The molecule has 0 spiro atoms. The number of amides is 1. The topological polar surface area (TPSA) is 66.9 Å². The lowest BCUT2D eigenvalue weighted by Gasteiger charge is -2.09. The Morgan fingerprint density at radius 3 is 2.36 bits per heavy atom. The number of hydrogen-bond acceptors (Lipinski definition) is 4. The average Bonchev–Trinajstić information content (AvgIpc) is 2.68. The van der Waals surface area contributed by atoms with Crippen LogP contribution in [0.4, 0.5) is 10.3 Å². The minimum Gasteiger partial charge on any atom is -0.354 e. The van der Waals surface area contributed by atoms with Gasteiger partial charge in [0.2, 0.25) is 5.95 Å². The lowest BCUT2D eigenvalue weighted by molar-refractivity contribution is 0.0945. The van der Waals surface area contributed by atoms with E-state index in [1.807, 2.05) is 38.1 Å². The molecule has 5 nitrogen and oxygen atoms in total. The summed E-state index contributed by atoms with van der Waals surface area (Å²) >= 11 is 0. The van der Waals surface area contributed by atoms with Gasteiger partial charge in [0.05, 0.1) is 0 Å². The molecule has 1 heterocycles. The summed E-state index contributed by atoms with van der Waals surface area (Å²) in [6.07, 6.45) is 0.701. The second-order valence-electron chi connectivity index (χ2n) is 6.69. The fourth-order valence-electron chi connectivity index (χ4n) is 2.71. The van der Waals surface area contributed by atoms with Gasteiger partial charge in [-0.2, -0.15) is 0 Å². The summed E-state index contributed by atoms with van der Waals surface area (Å²) in [4.78, 5) is 21.1. The van der Waals surface area contributed by atoms with Gasteiger partial charge in [-0.3, -0.25) is 4.79 Å². The van der Waals surface area contributed by atoms with Crippen LogP contribution < -0.4 is 10.6 Å². The van der Waals surface area contributed by atoms with Gasteiger partial charge in [-0.05, 0) is 49.6 Å². The van der Waals surface area contributed by atoms with Crippen molar-refractivity contribution in [1.29, 1.82) is 0 Å². The maximum absolute atomic E-state index is 13.0. The fraction of sp³-hybridized carbons (Fsp3) is 0.227. The standard InChI is InChI=1S/C22H23FN4O/c1-15-3-5-18(6-4-15)14-25-21(28)20-13-16(2)26-22(27-20)24-12-11-17-7-9-19(23)10-8-17/h3-10,13H,11-12,14H2,1-2H3,(H,25,28)(H,24,26,27). The highest BCUT2D eigenvalue weighted by atomic mass is 19.1. The highest BCUT2D eigenvalue weighted by Gasteiger charge is 2.10. The van der Waals surface area contributed by atoms with Gasteiger partial charge in [0.15, 0.2) is 0 Å². The largest absolute Gasteiger partial charge is 0.354 e. The molecule has 0 bridgehead atoms. The number of anilines is 1. The molecule has 0 aliphatic carbocycles. The van der Waals surface area contributed by atoms with E-state index >= 15 is 0 Å². The van der Waals surface area contributed by atoms with Crippen LogP contribution in [0.3, 0.4) is 0 Å². The predicted octanol–water partition coefficient (Wildman–Crippen LogP) is 3.82. The summed E-state index contributed by atoms with van der Waals surface area (Å²) in [6.45, 7) is 4.87. The highest BCUT2D eigenvalue weighted by Crippen LogP contribution is 2.08. The van der Waals surface area contributed by atoms with Crippen LogP contribution in [-0.2, 0) is 13.0 Å². The monoisotopic (exact) mass is 378 g/mol. The smallest absolute Gasteiger partial charge is 0.270 e. The van der Waals surface area contributed by atoms with Crippen LogP contribution >= 0.6 is 0 Å². The molecule has 0 aliphatic rings. The third-order valence-electron chi connectivity index (χ3n) is 4.27. The number of nitrogens with zero attached hydrogens (tertiary/aromatic N) is 2. The summed E-state index contributed by atoms with van der Waals surface area (Å²) < 4.78 is 13.0. The Bertz CT molecular complexity index is 940. The van der Waals surface area contributed by atoms with E-state index in [1.165, 1.54) is 17.7 Å². The molecule has 0 unspecified atom stereocenters. The van der Waals surface area contributed by atoms with Crippen LogP contribution in [0.15, 0.2) is 54.6 Å². The second kappa shape index (κ2) is 9.08. The minimum absolute atomic E-state index is 0.243. The molecule has 0 saturated heterocycles. The maximum Gasteiger partial charge on any atom is 0.270 e. The van der Waals surface area contributed by atoms with E-state index in [0.717, 1.165) is 11.1 Å². The third-order valence-corrected chi connectivity index (χ3v) is 4.27. The van der Waals surface area contributed by atoms with Crippen LogP contribution in [-0.4, -0.2) is 22.4 Å². The van der Waals surface area contributed by atoms with Crippen molar-refractivity contribution < 1.29 is 9.18 Å². The van der Waals surface area contributed by atoms with E-state index in [0.29, 0.717) is 36.8 Å².